The molecule has 0 spiro atoms. The lowest BCUT2D eigenvalue weighted by Gasteiger charge is -2.33. The number of aromatic nitrogens is 3. The van der Waals surface area contributed by atoms with Gasteiger partial charge in [-0.05, 0) is 19.9 Å². The molecule has 2 aromatic heterocycles. The van der Waals surface area contributed by atoms with Crippen molar-refractivity contribution in [3.63, 3.8) is 0 Å². The number of nitrogens with zero attached hydrogens (tertiary/aromatic N) is 5. The third-order valence-corrected chi connectivity index (χ3v) is 4.55. The fourth-order valence-corrected chi connectivity index (χ4v) is 3.07. The molecule has 136 valence electrons. The Balaban J connectivity index is 1.66. The molecule has 1 atom stereocenters. The summed E-state index contributed by atoms with van der Waals surface area (Å²) in [6, 6.07) is 2.10. The van der Waals surface area contributed by atoms with Crippen LogP contribution in [0.1, 0.15) is 28.8 Å². The first kappa shape index (κ1) is 17.6. The van der Waals surface area contributed by atoms with Crippen molar-refractivity contribution in [1.82, 2.24) is 24.7 Å². The largest absolute Gasteiger partial charge is 0.369 e. The summed E-state index contributed by atoms with van der Waals surface area (Å²) in [4.78, 5) is 15.6. The van der Waals surface area contributed by atoms with Crippen LogP contribution in [0.15, 0.2) is 16.8 Å². The standard InChI is InChI=1S/C17H25N5O3/c1-12-16(13(2)25-19-12)9-21-7-14-5-6-18-22(14)15(8-21)10-24-11-17(23)20(3)4/h5-6,15H,7-11H2,1-4H3. The van der Waals surface area contributed by atoms with Gasteiger partial charge in [0.05, 0.1) is 24.0 Å². The van der Waals surface area contributed by atoms with Gasteiger partial charge < -0.3 is 14.2 Å². The molecule has 25 heavy (non-hydrogen) atoms. The zero-order chi connectivity index (χ0) is 18.0. The average molecular weight is 347 g/mol. The fourth-order valence-electron chi connectivity index (χ4n) is 3.07. The number of carbonyl (C=O) groups excluding carboxylic acids is 1. The lowest BCUT2D eigenvalue weighted by Crippen LogP contribution is -2.39. The van der Waals surface area contributed by atoms with E-state index in [1.807, 2.05) is 30.8 Å². The topological polar surface area (TPSA) is 76.6 Å². The van der Waals surface area contributed by atoms with Crippen LogP contribution >= 0.6 is 0 Å². The Labute approximate surface area is 147 Å². The number of carbonyl (C=O) groups is 1. The van der Waals surface area contributed by atoms with Crippen molar-refractivity contribution >= 4 is 5.91 Å². The van der Waals surface area contributed by atoms with E-state index in [9.17, 15) is 4.79 Å². The van der Waals surface area contributed by atoms with E-state index in [0.29, 0.717) is 6.61 Å². The van der Waals surface area contributed by atoms with Gasteiger partial charge in [0.25, 0.3) is 0 Å². The van der Waals surface area contributed by atoms with Crippen molar-refractivity contribution in [2.24, 2.45) is 0 Å². The number of hydrogen-bond donors (Lipinski definition) is 0. The summed E-state index contributed by atoms with van der Waals surface area (Å²) in [5, 5.41) is 8.46. The Hall–Kier alpha value is -2.19. The normalized spacial score (nSPS) is 17.5. The highest BCUT2D eigenvalue weighted by molar-refractivity contribution is 5.76. The average Bonchev–Trinajstić information content (AvgIpc) is 3.16. The number of amides is 1. The maximum atomic E-state index is 11.7. The number of ether oxygens (including phenoxy) is 1. The van der Waals surface area contributed by atoms with Crippen molar-refractivity contribution in [3.8, 4) is 0 Å². The first-order valence-corrected chi connectivity index (χ1v) is 8.40. The summed E-state index contributed by atoms with van der Waals surface area (Å²) >= 11 is 0. The van der Waals surface area contributed by atoms with E-state index in [2.05, 4.69) is 15.2 Å². The van der Waals surface area contributed by atoms with Gasteiger partial charge in [-0.1, -0.05) is 5.16 Å². The second-order valence-corrected chi connectivity index (χ2v) is 6.70. The molecule has 0 saturated heterocycles. The Kier molecular flexibility index (Phi) is 5.19. The van der Waals surface area contributed by atoms with Crippen molar-refractivity contribution in [2.45, 2.75) is 33.0 Å². The van der Waals surface area contributed by atoms with E-state index >= 15 is 0 Å². The summed E-state index contributed by atoms with van der Waals surface area (Å²) in [5.41, 5.74) is 3.21. The van der Waals surface area contributed by atoms with Crippen LogP contribution in [0.2, 0.25) is 0 Å². The number of aryl methyl sites for hydroxylation is 2. The SMILES string of the molecule is Cc1noc(C)c1CN1Cc2ccnn2C(COCC(=O)N(C)C)C1. The lowest BCUT2D eigenvalue weighted by atomic mass is 10.1. The second kappa shape index (κ2) is 7.37. The molecule has 8 heteroatoms. The summed E-state index contributed by atoms with van der Waals surface area (Å²) in [6.45, 7) is 6.84. The van der Waals surface area contributed by atoms with Gasteiger partial charge in [-0.2, -0.15) is 5.10 Å². The summed E-state index contributed by atoms with van der Waals surface area (Å²) in [6.07, 6.45) is 1.81. The predicted octanol–water partition coefficient (Wildman–Crippen LogP) is 1.15. The van der Waals surface area contributed by atoms with E-state index in [1.165, 1.54) is 4.90 Å². The monoisotopic (exact) mass is 347 g/mol. The Morgan fingerprint density at radius 2 is 2.24 bits per heavy atom. The molecule has 1 aliphatic rings. The quantitative estimate of drug-likeness (QED) is 0.780. The molecule has 0 aromatic carbocycles. The fraction of sp³-hybridized carbons (Fsp3) is 0.588. The second-order valence-electron chi connectivity index (χ2n) is 6.70. The van der Waals surface area contributed by atoms with Crippen LogP contribution in [-0.2, 0) is 22.6 Å². The number of fused-ring (bicyclic) bond motifs is 1. The van der Waals surface area contributed by atoms with Crippen LogP contribution < -0.4 is 0 Å². The van der Waals surface area contributed by atoms with Crippen molar-refractivity contribution in [2.75, 3.05) is 33.9 Å². The van der Waals surface area contributed by atoms with Gasteiger partial charge in [0.1, 0.15) is 12.4 Å². The van der Waals surface area contributed by atoms with Crippen molar-refractivity contribution in [3.05, 3.63) is 35.0 Å². The van der Waals surface area contributed by atoms with Gasteiger partial charge in [-0.3, -0.25) is 14.4 Å². The maximum Gasteiger partial charge on any atom is 0.248 e. The Bertz CT molecular complexity index is 717. The number of rotatable bonds is 6. The molecule has 0 aliphatic carbocycles. The molecule has 1 amide bonds. The summed E-state index contributed by atoms with van der Waals surface area (Å²) in [7, 11) is 3.45. The predicted molar refractivity (Wildman–Crippen MR) is 90.9 cm³/mol. The van der Waals surface area contributed by atoms with Crippen molar-refractivity contribution < 1.29 is 14.1 Å². The molecular weight excluding hydrogens is 322 g/mol. The number of likely N-dealkylation sites (N-methyl/N-ethyl adjacent to an activating group) is 1. The molecule has 1 unspecified atom stereocenters. The van der Waals surface area contributed by atoms with Gasteiger partial charge in [0.2, 0.25) is 5.91 Å². The molecule has 0 N–H and O–H groups in total. The molecule has 2 aromatic rings. The van der Waals surface area contributed by atoms with Crippen LogP contribution in [0.4, 0.5) is 0 Å². The highest BCUT2D eigenvalue weighted by atomic mass is 16.5. The zero-order valence-electron chi connectivity index (χ0n) is 15.2. The zero-order valence-corrected chi connectivity index (χ0v) is 15.2. The molecule has 3 rings (SSSR count). The number of hydrogen-bond acceptors (Lipinski definition) is 6. The molecular formula is C17H25N5O3. The smallest absolute Gasteiger partial charge is 0.248 e. The Morgan fingerprint density at radius 1 is 1.44 bits per heavy atom. The van der Waals surface area contributed by atoms with Gasteiger partial charge in [0.15, 0.2) is 0 Å². The minimum Gasteiger partial charge on any atom is -0.369 e. The van der Waals surface area contributed by atoms with E-state index in [4.69, 9.17) is 9.26 Å². The lowest BCUT2D eigenvalue weighted by molar-refractivity contribution is -0.134. The maximum absolute atomic E-state index is 11.7. The van der Waals surface area contributed by atoms with Gasteiger partial charge >= 0.3 is 0 Å². The minimum absolute atomic E-state index is 0.0379. The van der Waals surface area contributed by atoms with Gasteiger partial charge in [-0.25, -0.2) is 0 Å². The first-order chi connectivity index (χ1) is 12.0. The molecule has 0 saturated carbocycles. The van der Waals surface area contributed by atoms with Crippen LogP contribution in [0.25, 0.3) is 0 Å². The van der Waals surface area contributed by atoms with Crippen molar-refractivity contribution in [1.29, 1.82) is 0 Å². The van der Waals surface area contributed by atoms with E-state index in [1.54, 1.807) is 14.1 Å². The van der Waals surface area contributed by atoms with E-state index in [-0.39, 0.29) is 18.6 Å². The summed E-state index contributed by atoms with van der Waals surface area (Å²) in [5.74, 6) is 0.824. The molecule has 8 nitrogen and oxygen atoms in total. The van der Waals surface area contributed by atoms with Gasteiger partial charge in [0, 0.05) is 45.5 Å². The first-order valence-electron chi connectivity index (χ1n) is 8.40. The van der Waals surface area contributed by atoms with Gasteiger partial charge in [-0.15, -0.1) is 0 Å². The van der Waals surface area contributed by atoms with Crippen LogP contribution in [-0.4, -0.2) is 64.5 Å². The highest BCUT2D eigenvalue weighted by Crippen LogP contribution is 2.24. The molecule has 0 bridgehead atoms. The molecule has 0 radical (unpaired) electrons. The van der Waals surface area contributed by atoms with Crippen LogP contribution in [0.5, 0.6) is 0 Å². The van der Waals surface area contributed by atoms with Crippen LogP contribution in [0, 0.1) is 13.8 Å². The third kappa shape index (κ3) is 3.91. The molecule has 3 heterocycles. The molecule has 1 aliphatic heterocycles. The summed E-state index contributed by atoms with van der Waals surface area (Å²) < 4.78 is 12.9. The van der Waals surface area contributed by atoms with E-state index < -0.39 is 0 Å². The highest BCUT2D eigenvalue weighted by Gasteiger charge is 2.27. The third-order valence-electron chi connectivity index (χ3n) is 4.55. The Morgan fingerprint density at radius 3 is 2.92 bits per heavy atom. The minimum atomic E-state index is -0.0379. The molecule has 0 fully saturated rings. The van der Waals surface area contributed by atoms with E-state index in [0.717, 1.165) is 42.3 Å². The van der Waals surface area contributed by atoms with Crippen LogP contribution in [0.3, 0.4) is 0 Å².